The second-order valence-electron chi connectivity index (χ2n) is 7.04. The Labute approximate surface area is 161 Å². The van der Waals surface area contributed by atoms with Crippen molar-refractivity contribution in [2.75, 3.05) is 11.4 Å². The minimum absolute atomic E-state index is 0.371. The Balaban J connectivity index is 1.87. The molecular weight excluding hydrogens is 398 g/mol. The molecule has 3 rings (SSSR count). The SMILES string of the molecule is CC(C)(C)OC(=O)N1CCc2ccc(Oc3cccc(Br)c3C=O)cc21. The predicted molar refractivity (Wildman–Crippen MR) is 103 cm³/mol. The van der Waals surface area contributed by atoms with Crippen molar-refractivity contribution in [1.29, 1.82) is 0 Å². The van der Waals surface area contributed by atoms with Crippen LogP contribution in [0.2, 0.25) is 0 Å². The van der Waals surface area contributed by atoms with Gasteiger partial charge in [0.15, 0.2) is 6.29 Å². The molecule has 0 fully saturated rings. The summed E-state index contributed by atoms with van der Waals surface area (Å²) in [6.07, 6.45) is 1.15. The van der Waals surface area contributed by atoms with E-state index in [1.807, 2.05) is 39.0 Å². The number of anilines is 1. The van der Waals surface area contributed by atoms with Gasteiger partial charge >= 0.3 is 6.09 Å². The lowest BCUT2D eigenvalue weighted by Gasteiger charge is -2.25. The second-order valence-corrected chi connectivity index (χ2v) is 7.90. The van der Waals surface area contributed by atoms with Gasteiger partial charge in [-0.3, -0.25) is 9.69 Å². The van der Waals surface area contributed by atoms with Gasteiger partial charge in [-0.25, -0.2) is 4.79 Å². The molecule has 0 aromatic heterocycles. The number of carbonyl (C=O) groups is 2. The highest BCUT2D eigenvalue weighted by atomic mass is 79.9. The number of nitrogens with zero attached hydrogens (tertiary/aromatic N) is 1. The highest BCUT2D eigenvalue weighted by Crippen LogP contribution is 2.36. The molecule has 1 amide bonds. The normalized spacial score (nSPS) is 13.3. The summed E-state index contributed by atoms with van der Waals surface area (Å²) in [6.45, 7) is 6.10. The van der Waals surface area contributed by atoms with E-state index < -0.39 is 5.60 Å². The maximum Gasteiger partial charge on any atom is 0.414 e. The average molecular weight is 418 g/mol. The van der Waals surface area contributed by atoms with Gasteiger partial charge in [-0.15, -0.1) is 0 Å². The molecule has 0 saturated carbocycles. The van der Waals surface area contributed by atoms with Crippen molar-refractivity contribution in [3.8, 4) is 11.5 Å². The van der Waals surface area contributed by atoms with E-state index >= 15 is 0 Å². The van der Waals surface area contributed by atoms with Gasteiger partial charge in [-0.2, -0.15) is 0 Å². The first-order chi connectivity index (χ1) is 12.3. The first-order valence-electron chi connectivity index (χ1n) is 8.33. The molecule has 1 heterocycles. The number of hydrogen-bond acceptors (Lipinski definition) is 4. The Morgan fingerprint density at radius 2 is 2.00 bits per heavy atom. The summed E-state index contributed by atoms with van der Waals surface area (Å²) >= 11 is 3.35. The van der Waals surface area contributed by atoms with Crippen LogP contribution in [0.4, 0.5) is 10.5 Å². The van der Waals surface area contributed by atoms with E-state index in [1.54, 1.807) is 23.1 Å². The summed E-state index contributed by atoms with van der Waals surface area (Å²) in [5.41, 5.74) is 1.73. The van der Waals surface area contributed by atoms with Crippen LogP contribution in [0, 0.1) is 0 Å². The summed E-state index contributed by atoms with van der Waals surface area (Å²) in [4.78, 5) is 25.4. The Bertz CT molecular complexity index is 857. The van der Waals surface area contributed by atoms with Crippen molar-refractivity contribution in [3.63, 3.8) is 0 Å². The number of aldehydes is 1. The molecule has 0 aliphatic carbocycles. The smallest absolute Gasteiger partial charge is 0.414 e. The van der Waals surface area contributed by atoms with Gasteiger partial charge in [-0.05, 0) is 66.9 Å². The third kappa shape index (κ3) is 3.90. The third-order valence-corrected chi connectivity index (χ3v) is 4.62. The van der Waals surface area contributed by atoms with E-state index in [9.17, 15) is 9.59 Å². The molecule has 5 nitrogen and oxygen atoms in total. The molecule has 1 aliphatic rings. The molecule has 0 unspecified atom stereocenters. The fourth-order valence-electron chi connectivity index (χ4n) is 2.78. The minimum atomic E-state index is -0.552. The fourth-order valence-corrected chi connectivity index (χ4v) is 3.22. The summed E-state index contributed by atoms with van der Waals surface area (Å²) in [7, 11) is 0. The van der Waals surface area contributed by atoms with Gasteiger partial charge in [0, 0.05) is 17.1 Å². The van der Waals surface area contributed by atoms with Crippen molar-refractivity contribution < 1.29 is 19.1 Å². The Morgan fingerprint density at radius 1 is 1.23 bits per heavy atom. The van der Waals surface area contributed by atoms with Crippen LogP contribution in [0.25, 0.3) is 0 Å². The zero-order chi connectivity index (χ0) is 18.9. The first kappa shape index (κ1) is 18.5. The number of amides is 1. The van der Waals surface area contributed by atoms with Crippen molar-refractivity contribution >= 4 is 34.0 Å². The third-order valence-electron chi connectivity index (χ3n) is 3.92. The molecule has 136 valence electrons. The van der Waals surface area contributed by atoms with Crippen LogP contribution in [-0.4, -0.2) is 24.5 Å². The van der Waals surface area contributed by atoms with E-state index in [1.165, 1.54) is 0 Å². The number of ether oxygens (including phenoxy) is 2. The molecule has 0 atom stereocenters. The summed E-state index contributed by atoms with van der Waals surface area (Å²) in [5, 5.41) is 0. The maximum atomic E-state index is 12.4. The number of rotatable bonds is 3. The van der Waals surface area contributed by atoms with Crippen LogP contribution in [0.5, 0.6) is 11.5 Å². The molecule has 2 aromatic carbocycles. The van der Waals surface area contributed by atoms with Crippen LogP contribution >= 0.6 is 15.9 Å². The zero-order valence-corrected chi connectivity index (χ0v) is 16.5. The number of fused-ring (bicyclic) bond motifs is 1. The lowest BCUT2D eigenvalue weighted by Crippen LogP contribution is -2.35. The standard InChI is InChI=1S/C20H20BrNO4/c1-20(2,3)26-19(24)22-10-9-13-7-8-14(11-17(13)22)25-18-6-4-5-16(21)15(18)12-23/h4-8,11-12H,9-10H2,1-3H3. The Morgan fingerprint density at radius 3 is 2.69 bits per heavy atom. The monoisotopic (exact) mass is 417 g/mol. The maximum absolute atomic E-state index is 12.4. The molecule has 0 spiro atoms. The molecule has 0 radical (unpaired) electrons. The lowest BCUT2D eigenvalue weighted by atomic mass is 10.1. The van der Waals surface area contributed by atoms with Crippen molar-refractivity contribution in [3.05, 3.63) is 52.0 Å². The van der Waals surface area contributed by atoms with E-state index in [2.05, 4.69) is 15.9 Å². The van der Waals surface area contributed by atoms with Crippen molar-refractivity contribution in [1.82, 2.24) is 0 Å². The van der Waals surface area contributed by atoms with E-state index in [0.29, 0.717) is 28.1 Å². The first-order valence-corrected chi connectivity index (χ1v) is 9.13. The van der Waals surface area contributed by atoms with E-state index in [-0.39, 0.29) is 6.09 Å². The molecule has 1 aliphatic heterocycles. The second kappa shape index (κ2) is 7.11. The molecule has 26 heavy (non-hydrogen) atoms. The van der Waals surface area contributed by atoms with Gasteiger partial charge in [0.05, 0.1) is 11.3 Å². The quantitative estimate of drug-likeness (QED) is 0.631. The van der Waals surface area contributed by atoms with Gasteiger partial charge in [0.2, 0.25) is 0 Å². The topological polar surface area (TPSA) is 55.8 Å². The lowest BCUT2D eigenvalue weighted by molar-refractivity contribution is 0.0584. The van der Waals surface area contributed by atoms with Gasteiger partial charge < -0.3 is 9.47 Å². The van der Waals surface area contributed by atoms with Crippen LogP contribution in [0.3, 0.4) is 0 Å². The van der Waals surface area contributed by atoms with Crippen LogP contribution in [0.1, 0.15) is 36.7 Å². The van der Waals surface area contributed by atoms with Gasteiger partial charge in [0.25, 0.3) is 0 Å². The largest absolute Gasteiger partial charge is 0.457 e. The van der Waals surface area contributed by atoms with E-state index in [4.69, 9.17) is 9.47 Å². The summed E-state index contributed by atoms with van der Waals surface area (Å²) in [6, 6.07) is 10.9. The van der Waals surface area contributed by atoms with Crippen molar-refractivity contribution in [2.24, 2.45) is 0 Å². The fraction of sp³-hybridized carbons (Fsp3) is 0.300. The minimum Gasteiger partial charge on any atom is -0.457 e. The Kier molecular flexibility index (Phi) is 5.05. The zero-order valence-electron chi connectivity index (χ0n) is 14.9. The van der Waals surface area contributed by atoms with Crippen LogP contribution in [0.15, 0.2) is 40.9 Å². The Hall–Kier alpha value is -2.34. The molecule has 2 aromatic rings. The number of carbonyl (C=O) groups excluding carboxylic acids is 2. The highest BCUT2D eigenvalue weighted by molar-refractivity contribution is 9.10. The molecular formula is C20H20BrNO4. The van der Waals surface area contributed by atoms with Gasteiger partial charge in [-0.1, -0.05) is 12.1 Å². The molecule has 0 saturated heterocycles. The van der Waals surface area contributed by atoms with Crippen molar-refractivity contribution in [2.45, 2.75) is 32.8 Å². The molecule has 0 bridgehead atoms. The molecule has 0 N–H and O–H groups in total. The van der Waals surface area contributed by atoms with Crippen LogP contribution in [-0.2, 0) is 11.2 Å². The average Bonchev–Trinajstić information content (AvgIpc) is 2.97. The highest BCUT2D eigenvalue weighted by Gasteiger charge is 2.29. The summed E-state index contributed by atoms with van der Waals surface area (Å²) in [5.74, 6) is 1.01. The van der Waals surface area contributed by atoms with Crippen LogP contribution < -0.4 is 9.64 Å². The predicted octanol–water partition coefficient (Wildman–Crippen LogP) is 5.35. The van der Waals surface area contributed by atoms with E-state index in [0.717, 1.165) is 24.0 Å². The molecule has 6 heteroatoms. The number of benzene rings is 2. The summed E-state index contributed by atoms with van der Waals surface area (Å²) < 4.78 is 12.0. The van der Waals surface area contributed by atoms with Gasteiger partial charge in [0.1, 0.15) is 17.1 Å². The number of hydrogen-bond donors (Lipinski definition) is 0. The number of halogens is 1.